The lowest BCUT2D eigenvalue weighted by Crippen LogP contribution is -2.38. The number of rotatable bonds is 7. The van der Waals surface area contributed by atoms with Gasteiger partial charge in [-0.25, -0.2) is 0 Å². The van der Waals surface area contributed by atoms with Gasteiger partial charge in [-0.3, -0.25) is 14.8 Å². The normalized spacial score (nSPS) is 15.0. The van der Waals surface area contributed by atoms with E-state index in [1.807, 2.05) is 54.6 Å². The molecule has 1 amide bonds. The summed E-state index contributed by atoms with van der Waals surface area (Å²) < 4.78 is 11.3. The number of hydrogen-bond donors (Lipinski definition) is 2. The quantitative estimate of drug-likeness (QED) is 0.631. The number of H-pyrrole nitrogens is 1. The molecule has 2 N–H and O–H groups in total. The van der Waals surface area contributed by atoms with Crippen molar-refractivity contribution in [2.24, 2.45) is 0 Å². The van der Waals surface area contributed by atoms with Crippen molar-refractivity contribution >= 4 is 29.0 Å². The van der Waals surface area contributed by atoms with Crippen LogP contribution in [0.1, 0.15) is 21.6 Å². The first-order chi connectivity index (χ1) is 14.7. The number of aromatic nitrogens is 2. The number of morpholine rings is 1. The highest BCUT2D eigenvalue weighted by atomic mass is 16.5. The summed E-state index contributed by atoms with van der Waals surface area (Å²) in [5, 5.41) is 11.1. The SMILES string of the molecule is CNC(=O)c1cc(/C=C/c2n[nH]c3ccccc23)ccc1OCCN1CCOCC1. The van der Waals surface area contributed by atoms with E-state index < -0.39 is 0 Å². The number of hydrogen-bond acceptors (Lipinski definition) is 5. The molecule has 156 valence electrons. The third kappa shape index (κ3) is 4.69. The van der Waals surface area contributed by atoms with Crippen LogP contribution in [-0.4, -0.2) is 67.5 Å². The van der Waals surface area contributed by atoms with Crippen LogP contribution in [0, 0.1) is 0 Å². The minimum Gasteiger partial charge on any atom is -0.491 e. The van der Waals surface area contributed by atoms with Gasteiger partial charge in [0.1, 0.15) is 12.4 Å². The molecule has 1 aliphatic heterocycles. The number of carbonyl (C=O) groups excluding carboxylic acids is 1. The Labute approximate surface area is 175 Å². The summed E-state index contributed by atoms with van der Waals surface area (Å²) in [6.07, 6.45) is 3.90. The number of para-hydroxylation sites is 1. The van der Waals surface area contributed by atoms with E-state index in [0.29, 0.717) is 17.9 Å². The van der Waals surface area contributed by atoms with E-state index >= 15 is 0 Å². The molecule has 0 radical (unpaired) electrons. The van der Waals surface area contributed by atoms with Crippen LogP contribution in [0.25, 0.3) is 23.1 Å². The van der Waals surface area contributed by atoms with Crippen molar-refractivity contribution in [2.75, 3.05) is 46.5 Å². The average Bonchev–Trinajstić information content (AvgIpc) is 3.21. The summed E-state index contributed by atoms with van der Waals surface area (Å²) in [4.78, 5) is 14.7. The first kappa shape index (κ1) is 20.1. The molecule has 1 aliphatic rings. The van der Waals surface area contributed by atoms with Crippen molar-refractivity contribution in [1.82, 2.24) is 20.4 Å². The molecule has 30 heavy (non-hydrogen) atoms. The largest absolute Gasteiger partial charge is 0.491 e. The predicted molar refractivity (Wildman–Crippen MR) is 118 cm³/mol. The van der Waals surface area contributed by atoms with Crippen LogP contribution < -0.4 is 10.1 Å². The van der Waals surface area contributed by atoms with Crippen LogP contribution in [0.4, 0.5) is 0 Å². The van der Waals surface area contributed by atoms with Crippen molar-refractivity contribution in [3.63, 3.8) is 0 Å². The van der Waals surface area contributed by atoms with Crippen LogP contribution in [0.15, 0.2) is 42.5 Å². The van der Waals surface area contributed by atoms with Gasteiger partial charge >= 0.3 is 0 Å². The molecule has 0 saturated carbocycles. The molecular weight excluding hydrogens is 380 g/mol. The highest BCUT2D eigenvalue weighted by molar-refractivity contribution is 5.97. The number of amides is 1. The molecule has 0 aliphatic carbocycles. The first-order valence-corrected chi connectivity index (χ1v) is 10.1. The summed E-state index contributed by atoms with van der Waals surface area (Å²) in [6.45, 7) is 4.68. The monoisotopic (exact) mass is 406 g/mol. The molecule has 4 rings (SSSR count). The maximum atomic E-state index is 12.4. The molecule has 2 aromatic carbocycles. The standard InChI is InChI=1S/C23H26N4O3/c1-24-23(28)19-16-17(6-8-21-18-4-2-3-5-20(18)25-26-21)7-9-22(19)30-15-12-27-10-13-29-14-11-27/h2-9,16H,10-15H2,1H3,(H,24,28)(H,25,26)/b8-6+. The number of fused-ring (bicyclic) bond motifs is 1. The molecule has 2 heterocycles. The number of carbonyl (C=O) groups is 1. The predicted octanol–water partition coefficient (Wildman–Crippen LogP) is 2.80. The third-order valence-corrected chi connectivity index (χ3v) is 5.18. The maximum Gasteiger partial charge on any atom is 0.254 e. The maximum absolute atomic E-state index is 12.4. The van der Waals surface area contributed by atoms with Gasteiger partial charge in [0.15, 0.2) is 0 Å². The molecular formula is C23H26N4O3. The minimum atomic E-state index is -0.170. The lowest BCUT2D eigenvalue weighted by atomic mass is 10.1. The second-order valence-electron chi connectivity index (χ2n) is 7.12. The number of nitrogens with one attached hydrogen (secondary N) is 2. The van der Waals surface area contributed by atoms with Gasteiger partial charge in [0.05, 0.1) is 30.0 Å². The van der Waals surface area contributed by atoms with E-state index in [1.165, 1.54) is 0 Å². The average molecular weight is 406 g/mol. The van der Waals surface area contributed by atoms with Crippen LogP contribution in [0.5, 0.6) is 5.75 Å². The molecule has 7 heteroatoms. The van der Waals surface area contributed by atoms with Crippen molar-refractivity contribution < 1.29 is 14.3 Å². The zero-order valence-corrected chi connectivity index (χ0v) is 17.1. The van der Waals surface area contributed by atoms with Crippen molar-refractivity contribution in [2.45, 2.75) is 0 Å². The second-order valence-corrected chi connectivity index (χ2v) is 7.12. The Kier molecular flexibility index (Phi) is 6.41. The van der Waals surface area contributed by atoms with Gasteiger partial charge in [-0.1, -0.05) is 30.3 Å². The molecule has 7 nitrogen and oxygen atoms in total. The fourth-order valence-electron chi connectivity index (χ4n) is 3.49. The molecule has 0 unspecified atom stereocenters. The van der Waals surface area contributed by atoms with Gasteiger partial charge in [0.25, 0.3) is 5.91 Å². The highest BCUT2D eigenvalue weighted by Gasteiger charge is 2.14. The lowest BCUT2D eigenvalue weighted by Gasteiger charge is -2.26. The van der Waals surface area contributed by atoms with Crippen molar-refractivity contribution in [1.29, 1.82) is 0 Å². The number of nitrogens with zero attached hydrogens (tertiary/aromatic N) is 2. The zero-order chi connectivity index (χ0) is 20.8. The van der Waals surface area contributed by atoms with E-state index in [0.717, 1.165) is 55.0 Å². The molecule has 1 aromatic heterocycles. The number of benzene rings is 2. The van der Waals surface area contributed by atoms with Crippen LogP contribution >= 0.6 is 0 Å². The molecule has 0 spiro atoms. The Morgan fingerprint density at radius 1 is 1.23 bits per heavy atom. The molecule has 0 atom stereocenters. The van der Waals surface area contributed by atoms with E-state index in [1.54, 1.807) is 7.05 Å². The van der Waals surface area contributed by atoms with Gasteiger partial charge in [0.2, 0.25) is 0 Å². The van der Waals surface area contributed by atoms with Crippen LogP contribution in [0.3, 0.4) is 0 Å². The zero-order valence-electron chi connectivity index (χ0n) is 17.1. The van der Waals surface area contributed by atoms with E-state index in [9.17, 15) is 4.79 Å². The third-order valence-electron chi connectivity index (χ3n) is 5.18. The van der Waals surface area contributed by atoms with Gasteiger partial charge in [-0.2, -0.15) is 5.10 Å². The van der Waals surface area contributed by atoms with Crippen LogP contribution in [-0.2, 0) is 4.74 Å². The van der Waals surface area contributed by atoms with E-state index in [-0.39, 0.29) is 5.91 Å². The number of ether oxygens (including phenoxy) is 2. The summed E-state index contributed by atoms with van der Waals surface area (Å²) >= 11 is 0. The fourth-order valence-corrected chi connectivity index (χ4v) is 3.49. The Morgan fingerprint density at radius 2 is 2.07 bits per heavy atom. The second kappa shape index (κ2) is 9.56. The Morgan fingerprint density at radius 3 is 2.90 bits per heavy atom. The minimum absolute atomic E-state index is 0.170. The first-order valence-electron chi connectivity index (χ1n) is 10.1. The smallest absolute Gasteiger partial charge is 0.254 e. The molecule has 1 saturated heterocycles. The number of aromatic amines is 1. The van der Waals surface area contributed by atoms with Crippen LogP contribution in [0.2, 0.25) is 0 Å². The van der Waals surface area contributed by atoms with Crippen molar-refractivity contribution in [3.8, 4) is 5.75 Å². The Balaban J connectivity index is 1.48. The summed E-state index contributed by atoms with van der Waals surface area (Å²) in [5.41, 5.74) is 3.28. The summed E-state index contributed by atoms with van der Waals surface area (Å²) in [7, 11) is 1.62. The van der Waals surface area contributed by atoms with E-state index in [2.05, 4.69) is 20.4 Å². The van der Waals surface area contributed by atoms with Gasteiger partial charge in [-0.15, -0.1) is 0 Å². The molecule has 1 fully saturated rings. The fraction of sp³-hybridized carbons (Fsp3) is 0.304. The Hall–Kier alpha value is -3.16. The lowest BCUT2D eigenvalue weighted by molar-refractivity contribution is 0.0322. The molecule has 0 bridgehead atoms. The summed E-state index contributed by atoms with van der Waals surface area (Å²) in [5.74, 6) is 0.418. The van der Waals surface area contributed by atoms with Gasteiger partial charge < -0.3 is 14.8 Å². The summed E-state index contributed by atoms with van der Waals surface area (Å²) in [6, 6.07) is 13.6. The van der Waals surface area contributed by atoms with E-state index in [4.69, 9.17) is 9.47 Å². The van der Waals surface area contributed by atoms with Gasteiger partial charge in [-0.05, 0) is 29.8 Å². The Bertz CT molecular complexity index is 1040. The highest BCUT2D eigenvalue weighted by Crippen LogP contribution is 2.23. The molecule has 3 aromatic rings. The topological polar surface area (TPSA) is 79.5 Å². The van der Waals surface area contributed by atoms with Crippen molar-refractivity contribution in [3.05, 3.63) is 59.3 Å². The van der Waals surface area contributed by atoms with Gasteiger partial charge in [0, 0.05) is 32.1 Å².